The Morgan fingerprint density at radius 3 is 2.52 bits per heavy atom. The monoisotopic (exact) mass is 315 g/mol. The Morgan fingerprint density at radius 2 is 2.00 bits per heavy atom. The number of hydrogen-bond acceptors (Lipinski definition) is 5. The van der Waals surface area contributed by atoms with Gasteiger partial charge in [0.05, 0.1) is 17.6 Å². The van der Waals surface area contributed by atoms with Crippen molar-refractivity contribution in [2.75, 3.05) is 13.7 Å². The second-order valence-electron chi connectivity index (χ2n) is 4.37. The summed E-state index contributed by atoms with van der Waals surface area (Å²) < 4.78 is 31.0. The molecular weight excluding hydrogens is 298 g/mol. The second-order valence-corrected chi connectivity index (χ2v) is 6.10. The number of ether oxygens (including phenoxy) is 1. The highest BCUT2D eigenvalue weighted by atomic mass is 32.2. The molecule has 21 heavy (non-hydrogen) atoms. The SMILES string of the molecule is COC(=O)c1ccc(S(=O)(=O)NCCCC(=O)O)c(C)c1. The number of nitrogens with one attached hydrogen (secondary N) is 1. The van der Waals surface area contributed by atoms with E-state index in [1.165, 1.54) is 25.3 Å². The molecule has 0 spiro atoms. The van der Waals surface area contributed by atoms with Gasteiger partial charge in [0, 0.05) is 13.0 Å². The van der Waals surface area contributed by atoms with Crippen molar-refractivity contribution in [3.63, 3.8) is 0 Å². The molecule has 8 heteroatoms. The summed E-state index contributed by atoms with van der Waals surface area (Å²) in [6.07, 6.45) is 0.0939. The van der Waals surface area contributed by atoms with Crippen molar-refractivity contribution in [1.29, 1.82) is 0 Å². The number of carbonyl (C=O) groups excluding carboxylic acids is 1. The lowest BCUT2D eigenvalue weighted by Crippen LogP contribution is -2.26. The highest BCUT2D eigenvalue weighted by Crippen LogP contribution is 2.17. The van der Waals surface area contributed by atoms with Gasteiger partial charge < -0.3 is 9.84 Å². The number of esters is 1. The van der Waals surface area contributed by atoms with Crippen LogP contribution in [0.2, 0.25) is 0 Å². The van der Waals surface area contributed by atoms with E-state index in [9.17, 15) is 18.0 Å². The molecule has 0 amide bonds. The lowest BCUT2D eigenvalue weighted by atomic mass is 10.1. The zero-order chi connectivity index (χ0) is 16.0. The Bertz CT molecular complexity index is 638. The van der Waals surface area contributed by atoms with Crippen LogP contribution in [-0.4, -0.2) is 39.1 Å². The first-order chi connectivity index (χ1) is 9.77. The Hall–Kier alpha value is -1.93. The van der Waals surface area contributed by atoms with Gasteiger partial charge in [0.25, 0.3) is 0 Å². The Balaban J connectivity index is 2.84. The molecule has 1 aromatic carbocycles. The highest BCUT2D eigenvalue weighted by molar-refractivity contribution is 7.89. The molecule has 0 aliphatic heterocycles. The molecule has 0 unspecified atom stereocenters. The van der Waals surface area contributed by atoms with Crippen LogP contribution in [0.5, 0.6) is 0 Å². The number of aryl methyl sites for hydroxylation is 1. The van der Waals surface area contributed by atoms with E-state index in [0.717, 1.165) is 0 Å². The maximum Gasteiger partial charge on any atom is 0.337 e. The minimum Gasteiger partial charge on any atom is -0.481 e. The summed E-state index contributed by atoms with van der Waals surface area (Å²) in [5.74, 6) is -1.52. The Kier molecular flexibility index (Phi) is 5.86. The van der Waals surface area contributed by atoms with E-state index in [1.807, 2.05) is 0 Å². The lowest BCUT2D eigenvalue weighted by Gasteiger charge is -2.10. The number of hydrogen-bond donors (Lipinski definition) is 2. The lowest BCUT2D eigenvalue weighted by molar-refractivity contribution is -0.137. The number of rotatable bonds is 7. The standard InChI is InChI=1S/C13H17NO6S/c1-9-8-10(13(17)20-2)5-6-11(9)21(18,19)14-7-3-4-12(15)16/h5-6,8,14H,3-4,7H2,1-2H3,(H,15,16). The normalized spacial score (nSPS) is 11.1. The van der Waals surface area contributed by atoms with Gasteiger partial charge in [-0.2, -0.15) is 0 Å². The van der Waals surface area contributed by atoms with Crippen LogP contribution in [0.1, 0.15) is 28.8 Å². The predicted molar refractivity (Wildman–Crippen MR) is 74.6 cm³/mol. The van der Waals surface area contributed by atoms with E-state index < -0.39 is 22.0 Å². The van der Waals surface area contributed by atoms with Crippen molar-refractivity contribution in [3.05, 3.63) is 29.3 Å². The van der Waals surface area contributed by atoms with Gasteiger partial charge in [-0.05, 0) is 37.1 Å². The summed E-state index contributed by atoms with van der Waals surface area (Å²) in [5, 5.41) is 8.49. The number of carbonyl (C=O) groups is 2. The molecule has 0 atom stereocenters. The summed E-state index contributed by atoms with van der Waals surface area (Å²) >= 11 is 0. The third-order valence-electron chi connectivity index (χ3n) is 2.75. The fourth-order valence-electron chi connectivity index (χ4n) is 1.72. The third kappa shape index (κ3) is 4.83. The summed E-state index contributed by atoms with van der Waals surface area (Å²) in [6.45, 7) is 1.60. The Morgan fingerprint density at radius 1 is 1.33 bits per heavy atom. The molecule has 0 fully saturated rings. The van der Waals surface area contributed by atoms with Crippen LogP contribution in [0.3, 0.4) is 0 Å². The van der Waals surface area contributed by atoms with E-state index >= 15 is 0 Å². The van der Waals surface area contributed by atoms with Gasteiger partial charge in [-0.15, -0.1) is 0 Å². The molecule has 7 nitrogen and oxygen atoms in total. The molecule has 116 valence electrons. The quantitative estimate of drug-likeness (QED) is 0.572. The second kappa shape index (κ2) is 7.19. The third-order valence-corrected chi connectivity index (χ3v) is 4.37. The van der Waals surface area contributed by atoms with Gasteiger partial charge in [-0.1, -0.05) is 0 Å². The van der Waals surface area contributed by atoms with Crippen LogP contribution >= 0.6 is 0 Å². The minimum absolute atomic E-state index is 0.0346. The number of methoxy groups -OCH3 is 1. The molecular formula is C13H17NO6S. The van der Waals surface area contributed by atoms with Crippen LogP contribution in [0.15, 0.2) is 23.1 Å². The zero-order valence-corrected chi connectivity index (χ0v) is 12.6. The first kappa shape index (κ1) is 17.1. The Labute approximate surface area is 123 Å². The van der Waals surface area contributed by atoms with Crippen molar-refractivity contribution < 1.29 is 27.9 Å². The highest BCUT2D eigenvalue weighted by Gasteiger charge is 2.18. The molecule has 0 aliphatic rings. The largest absolute Gasteiger partial charge is 0.481 e. The fraction of sp³-hybridized carbons (Fsp3) is 0.385. The first-order valence-electron chi connectivity index (χ1n) is 6.18. The molecule has 0 heterocycles. The maximum atomic E-state index is 12.1. The molecule has 1 rings (SSSR count). The fourth-order valence-corrected chi connectivity index (χ4v) is 3.02. The number of benzene rings is 1. The number of aliphatic carboxylic acids is 1. The van der Waals surface area contributed by atoms with Gasteiger partial charge in [0.15, 0.2) is 0 Å². The first-order valence-corrected chi connectivity index (χ1v) is 7.66. The van der Waals surface area contributed by atoms with Crippen LogP contribution in [0, 0.1) is 6.92 Å². The summed E-state index contributed by atoms with van der Waals surface area (Å²) in [6, 6.07) is 4.11. The molecule has 2 N–H and O–H groups in total. The predicted octanol–water partition coefficient (Wildman–Crippen LogP) is 0.925. The molecule has 1 aromatic rings. The number of sulfonamides is 1. The average molecular weight is 315 g/mol. The topological polar surface area (TPSA) is 110 Å². The van der Waals surface area contributed by atoms with Crippen molar-refractivity contribution in [1.82, 2.24) is 4.72 Å². The van der Waals surface area contributed by atoms with E-state index in [-0.39, 0.29) is 29.8 Å². The van der Waals surface area contributed by atoms with Gasteiger partial charge in [0.1, 0.15) is 0 Å². The molecule has 0 bridgehead atoms. The number of carboxylic acids is 1. The smallest absolute Gasteiger partial charge is 0.337 e. The molecule has 0 aliphatic carbocycles. The van der Waals surface area contributed by atoms with Crippen LogP contribution in [0.4, 0.5) is 0 Å². The summed E-state index contributed by atoms with van der Waals surface area (Å²) in [7, 11) is -2.49. The molecule has 0 radical (unpaired) electrons. The van der Waals surface area contributed by atoms with Crippen LogP contribution < -0.4 is 4.72 Å². The molecule has 0 saturated carbocycles. The average Bonchev–Trinajstić information content (AvgIpc) is 2.42. The van der Waals surface area contributed by atoms with E-state index in [1.54, 1.807) is 6.92 Å². The van der Waals surface area contributed by atoms with Crippen molar-refractivity contribution in [2.45, 2.75) is 24.7 Å². The molecule has 0 aromatic heterocycles. The summed E-state index contributed by atoms with van der Waals surface area (Å²) in [5.41, 5.74) is 0.670. The van der Waals surface area contributed by atoms with E-state index in [0.29, 0.717) is 5.56 Å². The van der Waals surface area contributed by atoms with E-state index in [4.69, 9.17) is 5.11 Å². The van der Waals surface area contributed by atoms with Crippen LogP contribution in [0.25, 0.3) is 0 Å². The minimum atomic E-state index is -3.73. The number of carboxylic acid groups (broad SMARTS) is 1. The van der Waals surface area contributed by atoms with Gasteiger partial charge in [-0.25, -0.2) is 17.9 Å². The summed E-state index contributed by atoms with van der Waals surface area (Å²) in [4.78, 5) is 21.8. The van der Waals surface area contributed by atoms with Crippen LogP contribution in [-0.2, 0) is 19.6 Å². The van der Waals surface area contributed by atoms with Crippen molar-refractivity contribution >= 4 is 22.0 Å². The van der Waals surface area contributed by atoms with Crippen molar-refractivity contribution in [2.24, 2.45) is 0 Å². The van der Waals surface area contributed by atoms with Gasteiger partial charge >= 0.3 is 11.9 Å². The molecule has 0 saturated heterocycles. The van der Waals surface area contributed by atoms with E-state index in [2.05, 4.69) is 9.46 Å². The van der Waals surface area contributed by atoms with Gasteiger partial charge in [0.2, 0.25) is 10.0 Å². The van der Waals surface area contributed by atoms with Crippen molar-refractivity contribution in [3.8, 4) is 0 Å². The zero-order valence-electron chi connectivity index (χ0n) is 11.8. The maximum absolute atomic E-state index is 12.1. The van der Waals surface area contributed by atoms with Gasteiger partial charge in [-0.3, -0.25) is 4.79 Å².